The summed E-state index contributed by atoms with van der Waals surface area (Å²) in [6, 6.07) is 0.303. The number of hydrogen-bond donors (Lipinski definition) is 1. The van der Waals surface area contributed by atoms with E-state index in [2.05, 4.69) is 27.0 Å². The lowest BCUT2D eigenvalue weighted by Crippen LogP contribution is -2.54. The largest absolute Gasteiger partial charge is 0.343 e. The van der Waals surface area contributed by atoms with Gasteiger partial charge in [-0.1, -0.05) is 39.0 Å². The lowest BCUT2D eigenvalue weighted by atomic mass is 9.91. The molecule has 3 aliphatic rings. The summed E-state index contributed by atoms with van der Waals surface area (Å²) in [7, 11) is -3.14. The van der Waals surface area contributed by atoms with Crippen molar-refractivity contribution in [3.05, 3.63) is 11.1 Å². The Labute approximate surface area is 244 Å². The number of sulfonamides is 1. The highest BCUT2D eigenvalue weighted by Crippen LogP contribution is 2.30. The van der Waals surface area contributed by atoms with E-state index >= 15 is 0 Å². The van der Waals surface area contributed by atoms with Crippen LogP contribution in [0, 0.1) is 0 Å². The van der Waals surface area contributed by atoms with E-state index < -0.39 is 10.0 Å². The number of nitrogens with one attached hydrogen (secondary N) is 1. The van der Waals surface area contributed by atoms with E-state index in [1.165, 1.54) is 17.8 Å². The second-order valence-corrected chi connectivity index (χ2v) is 14.8. The Morgan fingerprint density at radius 2 is 1.65 bits per heavy atom. The fraction of sp³-hybridized carbons (Fsp3) is 0.821. The summed E-state index contributed by atoms with van der Waals surface area (Å²) in [6.45, 7) is 8.38. The summed E-state index contributed by atoms with van der Waals surface area (Å²) in [5.41, 5.74) is 0. The quantitative estimate of drug-likeness (QED) is 0.381. The molecule has 3 amide bonds. The van der Waals surface area contributed by atoms with Gasteiger partial charge in [-0.05, 0) is 39.0 Å². The van der Waals surface area contributed by atoms with Gasteiger partial charge in [0.05, 0.1) is 5.75 Å². The third-order valence-electron chi connectivity index (χ3n) is 8.64. The first kappa shape index (κ1) is 31.2. The molecule has 1 aliphatic carbocycles. The molecule has 0 aromatic carbocycles. The minimum atomic E-state index is -3.14. The van der Waals surface area contributed by atoms with Gasteiger partial charge >= 0.3 is 6.03 Å². The van der Waals surface area contributed by atoms with Crippen LogP contribution in [0.2, 0.25) is 0 Å². The molecule has 1 aromatic rings. The Bertz CT molecular complexity index is 1060. The van der Waals surface area contributed by atoms with Crippen molar-refractivity contribution >= 4 is 38.4 Å². The summed E-state index contributed by atoms with van der Waals surface area (Å²) < 4.78 is 25.9. The standard InChI is InChI=1S/C28H48N6O4S2/c1-3-5-7-12-26(35)32-15-13-24(14-16-32)34(23-10-8-6-9-11-23)28(36)30-27-29-21-25(39-27)22-31-17-19-33(20-18-31)40(37,38)4-2/h21,23-24H,3-20,22H2,1-2H3,(H,29,30,36). The molecule has 1 N–H and O–H groups in total. The predicted octanol–water partition coefficient (Wildman–Crippen LogP) is 4.35. The van der Waals surface area contributed by atoms with Crippen LogP contribution >= 0.6 is 11.3 Å². The topological polar surface area (TPSA) is 106 Å². The lowest BCUT2D eigenvalue weighted by molar-refractivity contribution is -0.132. The number of piperazine rings is 1. The molecule has 3 fully saturated rings. The molecule has 2 saturated heterocycles. The number of thiazole rings is 1. The van der Waals surface area contributed by atoms with Gasteiger partial charge in [0, 0.05) is 75.4 Å². The molecule has 1 aromatic heterocycles. The highest BCUT2D eigenvalue weighted by Gasteiger charge is 2.35. The average molecular weight is 597 g/mol. The van der Waals surface area contributed by atoms with Crippen molar-refractivity contribution in [3.8, 4) is 0 Å². The minimum Gasteiger partial charge on any atom is -0.343 e. The molecule has 0 unspecified atom stereocenters. The van der Waals surface area contributed by atoms with Gasteiger partial charge in [0.25, 0.3) is 0 Å². The third-order valence-corrected chi connectivity index (χ3v) is 11.4. The summed E-state index contributed by atoms with van der Waals surface area (Å²) in [5.74, 6) is 0.392. The second-order valence-electron chi connectivity index (χ2n) is 11.4. The van der Waals surface area contributed by atoms with Crippen LogP contribution in [0.3, 0.4) is 0 Å². The molecule has 0 atom stereocenters. The van der Waals surface area contributed by atoms with E-state index in [1.54, 1.807) is 11.2 Å². The number of carbonyl (C=O) groups excluding carboxylic acids is 2. The molecule has 226 valence electrons. The lowest BCUT2D eigenvalue weighted by Gasteiger charge is -2.43. The average Bonchev–Trinajstić information content (AvgIpc) is 3.40. The van der Waals surface area contributed by atoms with Gasteiger partial charge < -0.3 is 9.80 Å². The van der Waals surface area contributed by atoms with Crippen molar-refractivity contribution in [1.82, 2.24) is 24.0 Å². The highest BCUT2D eigenvalue weighted by atomic mass is 32.2. The molecular formula is C28H48N6O4S2. The van der Waals surface area contributed by atoms with E-state index in [-0.39, 0.29) is 29.8 Å². The zero-order chi connectivity index (χ0) is 28.5. The molecule has 0 bridgehead atoms. The first-order chi connectivity index (χ1) is 19.3. The summed E-state index contributed by atoms with van der Waals surface area (Å²) in [5, 5.41) is 3.71. The van der Waals surface area contributed by atoms with Gasteiger partial charge in [0.2, 0.25) is 15.9 Å². The normalized spacial score (nSPS) is 20.5. The zero-order valence-electron chi connectivity index (χ0n) is 24.4. The third kappa shape index (κ3) is 8.39. The van der Waals surface area contributed by atoms with Crippen LogP contribution in [-0.4, -0.2) is 101 Å². The SMILES string of the molecule is CCCCCC(=O)N1CCC(N(C(=O)Nc2ncc(CN3CCN(S(=O)(=O)CC)CC3)s2)C2CCCCC2)CC1. The van der Waals surface area contributed by atoms with Crippen LogP contribution in [0.15, 0.2) is 6.20 Å². The van der Waals surface area contributed by atoms with Crippen molar-refractivity contribution < 1.29 is 18.0 Å². The maximum absolute atomic E-state index is 13.7. The summed E-state index contributed by atoms with van der Waals surface area (Å²) in [4.78, 5) is 38.2. The molecule has 2 aliphatic heterocycles. The van der Waals surface area contributed by atoms with E-state index in [1.807, 2.05) is 11.1 Å². The first-order valence-corrected chi connectivity index (χ1v) is 17.7. The Morgan fingerprint density at radius 1 is 0.975 bits per heavy atom. The molecule has 10 nitrogen and oxygen atoms in total. The molecule has 0 spiro atoms. The van der Waals surface area contributed by atoms with Crippen molar-refractivity contribution in [2.24, 2.45) is 0 Å². The van der Waals surface area contributed by atoms with E-state index in [4.69, 9.17) is 0 Å². The van der Waals surface area contributed by atoms with Gasteiger partial charge in [0.1, 0.15) is 0 Å². The number of aromatic nitrogens is 1. The molecule has 12 heteroatoms. The van der Waals surface area contributed by atoms with Crippen molar-refractivity contribution in [2.45, 2.75) is 103 Å². The fourth-order valence-electron chi connectivity index (χ4n) is 6.23. The van der Waals surface area contributed by atoms with Crippen LogP contribution < -0.4 is 5.32 Å². The number of likely N-dealkylation sites (tertiary alicyclic amines) is 1. The molecule has 3 heterocycles. The summed E-state index contributed by atoms with van der Waals surface area (Å²) >= 11 is 1.49. The minimum absolute atomic E-state index is 0.0705. The van der Waals surface area contributed by atoms with Gasteiger partial charge in [-0.25, -0.2) is 18.2 Å². The molecule has 0 radical (unpaired) electrons. The summed E-state index contributed by atoms with van der Waals surface area (Å²) in [6.07, 6.45) is 12.9. The van der Waals surface area contributed by atoms with Gasteiger partial charge in [0.15, 0.2) is 5.13 Å². The second kappa shape index (κ2) is 14.9. The van der Waals surface area contributed by atoms with Crippen LogP contribution in [0.4, 0.5) is 9.93 Å². The van der Waals surface area contributed by atoms with E-state index in [0.717, 1.165) is 75.8 Å². The number of hydrogen-bond acceptors (Lipinski definition) is 7. The Kier molecular flexibility index (Phi) is 11.6. The maximum Gasteiger partial charge on any atom is 0.324 e. The number of amides is 3. The number of unbranched alkanes of at least 4 members (excludes halogenated alkanes) is 2. The number of nitrogens with zero attached hydrogens (tertiary/aromatic N) is 5. The maximum atomic E-state index is 13.7. The number of carbonyl (C=O) groups is 2. The predicted molar refractivity (Wildman–Crippen MR) is 160 cm³/mol. The van der Waals surface area contributed by atoms with Gasteiger partial charge in [-0.3, -0.25) is 15.0 Å². The van der Waals surface area contributed by atoms with Gasteiger partial charge in [-0.15, -0.1) is 11.3 Å². The molecular weight excluding hydrogens is 548 g/mol. The number of anilines is 1. The van der Waals surface area contributed by atoms with E-state index in [9.17, 15) is 18.0 Å². The first-order valence-electron chi connectivity index (χ1n) is 15.3. The van der Waals surface area contributed by atoms with Crippen LogP contribution in [0.1, 0.15) is 89.4 Å². The van der Waals surface area contributed by atoms with Crippen molar-refractivity contribution in [2.75, 3.05) is 50.3 Å². The molecule has 4 rings (SSSR count). The van der Waals surface area contributed by atoms with Crippen molar-refractivity contribution in [1.29, 1.82) is 0 Å². The number of piperidine rings is 1. The molecule has 1 saturated carbocycles. The zero-order valence-corrected chi connectivity index (χ0v) is 26.0. The smallest absolute Gasteiger partial charge is 0.324 e. The fourth-order valence-corrected chi connectivity index (χ4v) is 8.16. The van der Waals surface area contributed by atoms with Gasteiger partial charge in [-0.2, -0.15) is 4.31 Å². The Balaban J connectivity index is 1.32. The monoisotopic (exact) mass is 596 g/mol. The van der Waals surface area contributed by atoms with Crippen LogP contribution in [-0.2, 0) is 21.4 Å². The van der Waals surface area contributed by atoms with Crippen LogP contribution in [0.25, 0.3) is 0 Å². The highest BCUT2D eigenvalue weighted by molar-refractivity contribution is 7.89. The Morgan fingerprint density at radius 3 is 2.30 bits per heavy atom. The Hall–Kier alpha value is -1.76. The van der Waals surface area contributed by atoms with E-state index in [0.29, 0.717) is 44.3 Å². The van der Waals surface area contributed by atoms with Crippen molar-refractivity contribution in [3.63, 3.8) is 0 Å². The number of rotatable bonds is 11. The number of urea groups is 1. The van der Waals surface area contributed by atoms with Crippen LogP contribution in [0.5, 0.6) is 0 Å². The molecule has 40 heavy (non-hydrogen) atoms.